The minimum absolute atomic E-state index is 0.354. The molecule has 1 aliphatic rings. The summed E-state index contributed by atoms with van der Waals surface area (Å²) in [6, 6.07) is 19.0. The number of hydrogen-bond donors (Lipinski definition) is 1. The van der Waals surface area contributed by atoms with Gasteiger partial charge in [-0.05, 0) is 24.1 Å². The SMILES string of the molecule is C[C@H](NS(=O)(=O)/C=C/c1nn(Cc2ccccc2)c2c1CS(=O)CC2)c1ccccc1. The van der Waals surface area contributed by atoms with E-state index in [1.807, 2.05) is 65.3 Å². The van der Waals surface area contributed by atoms with Crippen LogP contribution in [0.2, 0.25) is 0 Å². The van der Waals surface area contributed by atoms with Crippen LogP contribution in [0.5, 0.6) is 0 Å². The number of rotatable bonds is 7. The number of hydrogen-bond acceptors (Lipinski definition) is 4. The molecule has 0 bridgehead atoms. The van der Waals surface area contributed by atoms with E-state index in [0.717, 1.165) is 27.8 Å². The summed E-state index contributed by atoms with van der Waals surface area (Å²) in [5, 5.41) is 5.82. The molecule has 3 aromatic rings. The van der Waals surface area contributed by atoms with Crippen LogP contribution in [0.25, 0.3) is 6.08 Å². The second-order valence-electron chi connectivity index (χ2n) is 7.59. The molecule has 0 spiro atoms. The van der Waals surface area contributed by atoms with E-state index in [-0.39, 0.29) is 6.04 Å². The maximum atomic E-state index is 12.6. The van der Waals surface area contributed by atoms with E-state index in [1.165, 1.54) is 6.08 Å². The third-order valence-electron chi connectivity index (χ3n) is 5.29. The highest BCUT2D eigenvalue weighted by molar-refractivity contribution is 7.92. The molecule has 162 valence electrons. The molecule has 6 nitrogen and oxygen atoms in total. The lowest BCUT2D eigenvalue weighted by atomic mass is 10.1. The Labute approximate surface area is 185 Å². The zero-order valence-electron chi connectivity index (χ0n) is 17.3. The second kappa shape index (κ2) is 9.30. The Morgan fingerprint density at radius 3 is 2.52 bits per heavy atom. The average molecular weight is 456 g/mol. The van der Waals surface area contributed by atoms with Crippen LogP contribution in [-0.4, -0.2) is 28.2 Å². The molecule has 0 saturated heterocycles. The van der Waals surface area contributed by atoms with Gasteiger partial charge in [0.2, 0.25) is 10.0 Å². The van der Waals surface area contributed by atoms with Gasteiger partial charge in [0.15, 0.2) is 0 Å². The summed E-state index contributed by atoms with van der Waals surface area (Å²) in [5.41, 5.74) is 4.48. The molecule has 0 radical (unpaired) electrons. The van der Waals surface area contributed by atoms with Crippen LogP contribution in [-0.2, 0) is 39.5 Å². The van der Waals surface area contributed by atoms with Crippen molar-refractivity contribution < 1.29 is 12.6 Å². The summed E-state index contributed by atoms with van der Waals surface area (Å²) >= 11 is 0. The van der Waals surface area contributed by atoms with Crippen LogP contribution < -0.4 is 4.72 Å². The standard InChI is InChI=1S/C23H25N3O3S2/c1-18(20-10-6-3-7-11-20)25-31(28,29)15-13-22-21-17-30(27)14-12-23(21)26(24-22)16-19-8-4-2-5-9-19/h2-11,13,15,18,25H,12,14,16-17H2,1H3/b15-13+/t18-,30?/m0/s1. The predicted octanol–water partition coefficient (Wildman–Crippen LogP) is 3.39. The van der Waals surface area contributed by atoms with Crippen molar-refractivity contribution in [1.29, 1.82) is 0 Å². The first-order valence-electron chi connectivity index (χ1n) is 10.1. The fourth-order valence-corrected chi connectivity index (χ4v) is 5.92. The largest absolute Gasteiger partial charge is 0.264 e. The van der Waals surface area contributed by atoms with Crippen LogP contribution in [0.3, 0.4) is 0 Å². The molecule has 1 aliphatic heterocycles. The molecule has 4 rings (SSSR count). The molecule has 0 amide bonds. The summed E-state index contributed by atoms with van der Waals surface area (Å²) < 4.78 is 42.0. The van der Waals surface area contributed by atoms with Gasteiger partial charge in [0.1, 0.15) is 0 Å². The van der Waals surface area contributed by atoms with E-state index in [4.69, 9.17) is 0 Å². The van der Waals surface area contributed by atoms with Gasteiger partial charge in [0.05, 0.1) is 18.0 Å². The Hall–Kier alpha value is -2.55. The third kappa shape index (κ3) is 5.39. The fraction of sp³-hybridized carbons (Fsp3) is 0.261. The quantitative estimate of drug-likeness (QED) is 0.592. The molecule has 0 aliphatic carbocycles. The molecule has 0 fully saturated rings. The highest BCUT2D eigenvalue weighted by Crippen LogP contribution is 2.25. The normalized spacial score (nSPS) is 17.5. The number of benzene rings is 2. The molecule has 8 heteroatoms. The average Bonchev–Trinajstić information content (AvgIpc) is 3.10. The number of nitrogens with one attached hydrogen (secondary N) is 1. The van der Waals surface area contributed by atoms with Crippen molar-refractivity contribution in [1.82, 2.24) is 14.5 Å². The molecule has 1 unspecified atom stereocenters. The Kier molecular flexibility index (Phi) is 6.50. The Morgan fingerprint density at radius 2 is 1.81 bits per heavy atom. The van der Waals surface area contributed by atoms with Gasteiger partial charge >= 0.3 is 0 Å². The first kappa shape index (κ1) is 21.7. The van der Waals surface area contributed by atoms with Gasteiger partial charge in [-0.25, -0.2) is 13.1 Å². The number of sulfonamides is 1. The molecule has 1 aromatic heterocycles. The molecule has 2 heterocycles. The van der Waals surface area contributed by atoms with E-state index >= 15 is 0 Å². The van der Waals surface area contributed by atoms with Gasteiger partial charge in [-0.1, -0.05) is 60.7 Å². The topological polar surface area (TPSA) is 81.1 Å². The van der Waals surface area contributed by atoms with Crippen molar-refractivity contribution >= 4 is 26.9 Å². The molecule has 31 heavy (non-hydrogen) atoms. The van der Waals surface area contributed by atoms with Crippen molar-refractivity contribution in [2.45, 2.75) is 31.7 Å². The number of nitrogens with zero attached hydrogens (tertiary/aromatic N) is 2. The number of aromatic nitrogens is 2. The van der Waals surface area contributed by atoms with Crippen LogP contribution in [0.4, 0.5) is 0 Å². The van der Waals surface area contributed by atoms with Crippen LogP contribution in [0.1, 0.15) is 41.0 Å². The summed E-state index contributed by atoms with van der Waals surface area (Å²) in [5.74, 6) is 1.00. The fourth-order valence-electron chi connectivity index (χ4n) is 3.71. The van der Waals surface area contributed by atoms with Crippen molar-refractivity contribution in [3.8, 4) is 0 Å². The summed E-state index contributed by atoms with van der Waals surface area (Å²) in [4.78, 5) is 0. The highest BCUT2D eigenvalue weighted by Gasteiger charge is 2.24. The maximum absolute atomic E-state index is 12.6. The van der Waals surface area contributed by atoms with Gasteiger partial charge in [0, 0.05) is 45.7 Å². The zero-order chi connectivity index (χ0) is 21.8. The lowest BCUT2D eigenvalue weighted by Gasteiger charge is -2.14. The van der Waals surface area contributed by atoms with E-state index in [1.54, 1.807) is 6.92 Å². The summed E-state index contributed by atoms with van der Waals surface area (Å²) in [7, 11) is -4.63. The third-order valence-corrected chi connectivity index (χ3v) is 7.74. The van der Waals surface area contributed by atoms with Crippen LogP contribution >= 0.6 is 0 Å². The lowest BCUT2D eigenvalue weighted by molar-refractivity contribution is 0.576. The maximum Gasteiger partial charge on any atom is 0.234 e. The van der Waals surface area contributed by atoms with Crippen molar-refractivity contribution in [3.63, 3.8) is 0 Å². The molecule has 2 atom stereocenters. The molecule has 2 aromatic carbocycles. The molecular formula is C23H25N3O3S2. The van der Waals surface area contributed by atoms with Gasteiger partial charge in [-0.3, -0.25) is 8.89 Å². The Balaban J connectivity index is 1.58. The Morgan fingerprint density at radius 1 is 1.13 bits per heavy atom. The van der Waals surface area contributed by atoms with Crippen LogP contribution in [0.15, 0.2) is 66.1 Å². The van der Waals surface area contributed by atoms with Crippen LogP contribution in [0, 0.1) is 0 Å². The minimum Gasteiger partial charge on any atom is -0.264 e. The highest BCUT2D eigenvalue weighted by atomic mass is 32.2. The summed E-state index contributed by atoms with van der Waals surface area (Å²) in [6.45, 7) is 2.40. The van der Waals surface area contributed by atoms with E-state index < -0.39 is 20.8 Å². The lowest BCUT2D eigenvalue weighted by Crippen LogP contribution is -2.24. The number of fused-ring (bicyclic) bond motifs is 1. The zero-order valence-corrected chi connectivity index (χ0v) is 18.9. The first-order valence-corrected chi connectivity index (χ1v) is 13.2. The van der Waals surface area contributed by atoms with E-state index in [2.05, 4.69) is 9.82 Å². The first-order chi connectivity index (χ1) is 14.9. The second-order valence-corrected chi connectivity index (χ2v) is 10.8. The Bertz CT molecular complexity index is 1200. The van der Waals surface area contributed by atoms with Crippen molar-refractivity contribution in [3.05, 3.63) is 94.1 Å². The van der Waals surface area contributed by atoms with Gasteiger partial charge in [-0.15, -0.1) is 0 Å². The van der Waals surface area contributed by atoms with Crippen molar-refractivity contribution in [2.24, 2.45) is 0 Å². The summed E-state index contributed by atoms with van der Waals surface area (Å²) in [6.07, 6.45) is 2.19. The van der Waals surface area contributed by atoms with E-state index in [0.29, 0.717) is 30.2 Å². The molecular weight excluding hydrogens is 430 g/mol. The van der Waals surface area contributed by atoms with Gasteiger partial charge < -0.3 is 0 Å². The van der Waals surface area contributed by atoms with Crippen molar-refractivity contribution in [2.75, 3.05) is 5.75 Å². The molecule has 1 N–H and O–H groups in total. The molecule has 0 saturated carbocycles. The monoisotopic (exact) mass is 455 g/mol. The minimum atomic E-state index is -3.67. The van der Waals surface area contributed by atoms with Gasteiger partial charge in [-0.2, -0.15) is 5.10 Å². The van der Waals surface area contributed by atoms with Gasteiger partial charge in [0.25, 0.3) is 0 Å². The van der Waals surface area contributed by atoms with E-state index in [9.17, 15) is 12.6 Å². The predicted molar refractivity (Wildman–Crippen MR) is 124 cm³/mol. The smallest absolute Gasteiger partial charge is 0.234 e.